The summed E-state index contributed by atoms with van der Waals surface area (Å²) >= 11 is 0. The minimum atomic E-state index is -0.689. The summed E-state index contributed by atoms with van der Waals surface area (Å²) in [5.74, 6) is 0.734. The molecule has 0 saturated heterocycles. The highest BCUT2D eigenvalue weighted by molar-refractivity contribution is 5.21. The number of hydrogen-bond acceptors (Lipinski definition) is 3. The van der Waals surface area contributed by atoms with Crippen molar-refractivity contribution < 1.29 is 5.11 Å². The Bertz CT molecular complexity index is 385. The van der Waals surface area contributed by atoms with Gasteiger partial charge in [0.15, 0.2) is 0 Å². The smallest absolute Gasteiger partial charge is 0.0869 e. The van der Waals surface area contributed by atoms with Crippen LogP contribution in [0.2, 0.25) is 0 Å². The van der Waals surface area contributed by atoms with Crippen LogP contribution in [0.5, 0.6) is 0 Å². The molecule has 0 heterocycles. The second-order valence-corrected chi connectivity index (χ2v) is 6.34. The van der Waals surface area contributed by atoms with E-state index < -0.39 is 5.60 Å². The quantitative estimate of drug-likeness (QED) is 0.789. The summed E-state index contributed by atoms with van der Waals surface area (Å²) in [7, 11) is 3.98. The Balaban J connectivity index is 1.95. The van der Waals surface area contributed by atoms with E-state index in [1.165, 1.54) is 18.4 Å². The molecule has 1 fully saturated rings. The van der Waals surface area contributed by atoms with Crippen molar-refractivity contribution in [2.45, 2.75) is 31.4 Å². The Morgan fingerprint density at radius 2 is 1.95 bits per heavy atom. The van der Waals surface area contributed by atoms with Gasteiger partial charge in [-0.1, -0.05) is 30.3 Å². The fourth-order valence-corrected chi connectivity index (χ4v) is 2.71. The highest BCUT2D eigenvalue weighted by atomic mass is 16.3. The minimum Gasteiger partial charge on any atom is -0.388 e. The van der Waals surface area contributed by atoms with Crippen LogP contribution in [0.1, 0.15) is 31.4 Å². The number of nitrogens with one attached hydrogen (secondary N) is 1. The summed E-state index contributed by atoms with van der Waals surface area (Å²) in [6.07, 6.45) is 2.59. The first-order valence-electron chi connectivity index (χ1n) is 7.13. The molecular weight excluding hydrogens is 236 g/mol. The van der Waals surface area contributed by atoms with Gasteiger partial charge >= 0.3 is 0 Å². The first-order chi connectivity index (χ1) is 8.98. The van der Waals surface area contributed by atoms with Crippen molar-refractivity contribution in [2.24, 2.45) is 5.92 Å². The van der Waals surface area contributed by atoms with Crippen molar-refractivity contribution in [3.63, 3.8) is 0 Å². The first-order valence-corrected chi connectivity index (χ1v) is 7.13. The zero-order chi connectivity index (χ0) is 13.9. The van der Waals surface area contributed by atoms with Crippen LogP contribution < -0.4 is 5.32 Å². The van der Waals surface area contributed by atoms with Crippen molar-refractivity contribution in [2.75, 3.05) is 27.2 Å². The molecule has 2 N–H and O–H groups in total. The number of aliphatic hydroxyl groups is 1. The van der Waals surface area contributed by atoms with E-state index in [0.29, 0.717) is 19.1 Å². The molecule has 1 aliphatic rings. The lowest BCUT2D eigenvalue weighted by molar-refractivity contribution is 0.0306. The maximum absolute atomic E-state index is 10.4. The van der Waals surface area contributed by atoms with Crippen LogP contribution in [-0.2, 0) is 0 Å². The molecule has 0 aliphatic heterocycles. The molecule has 0 spiro atoms. The molecule has 2 rings (SSSR count). The third-order valence-electron chi connectivity index (χ3n) is 3.61. The van der Waals surface area contributed by atoms with E-state index in [0.717, 1.165) is 5.92 Å². The van der Waals surface area contributed by atoms with E-state index >= 15 is 0 Å². The minimum absolute atomic E-state index is 0.384. The van der Waals surface area contributed by atoms with E-state index in [1.54, 1.807) is 0 Å². The predicted octanol–water partition coefficient (Wildman–Crippen LogP) is 2.04. The molecule has 19 heavy (non-hydrogen) atoms. The molecule has 2 atom stereocenters. The van der Waals surface area contributed by atoms with Crippen LogP contribution in [0.4, 0.5) is 0 Å². The van der Waals surface area contributed by atoms with E-state index in [2.05, 4.69) is 35.6 Å². The van der Waals surface area contributed by atoms with Crippen LogP contribution in [0, 0.1) is 5.92 Å². The molecule has 1 aromatic rings. The molecular formula is C16H26N2O. The molecule has 0 aromatic heterocycles. The van der Waals surface area contributed by atoms with Gasteiger partial charge in [-0.15, -0.1) is 0 Å². The highest BCUT2D eigenvalue weighted by Crippen LogP contribution is 2.41. The summed E-state index contributed by atoms with van der Waals surface area (Å²) in [6.45, 7) is 3.20. The Morgan fingerprint density at radius 3 is 2.47 bits per heavy atom. The third kappa shape index (κ3) is 4.60. The lowest BCUT2D eigenvalue weighted by Crippen LogP contribution is -2.46. The number of likely N-dealkylation sites (N-methyl/N-ethyl adjacent to an activating group) is 1. The van der Waals surface area contributed by atoms with E-state index in [4.69, 9.17) is 0 Å². The Kier molecular flexibility index (Phi) is 4.61. The molecule has 1 aliphatic carbocycles. The van der Waals surface area contributed by atoms with Crippen LogP contribution in [0.15, 0.2) is 30.3 Å². The molecule has 0 amide bonds. The van der Waals surface area contributed by atoms with Gasteiger partial charge in [-0.05, 0) is 45.3 Å². The van der Waals surface area contributed by atoms with E-state index in [-0.39, 0.29) is 0 Å². The molecule has 3 nitrogen and oxygen atoms in total. The molecule has 0 bridgehead atoms. The largest absolute Gasteiger partial charge is 0.388 e. The summed E-state index contributed by atoms with van der Waals surface area (Å²) in [4.78, 5) is 2.02. The Morgan fingerprint density at radius 1 is 1.32 bits per heavy atom. The number of nitrogens with zero attached hydrogens (tertiary/aromatic N) is 1. The van der Waals surface area contributed by atoms with E-state index in [1.807, 2.05) is 25.9 Å². The van der Waals surface area contributed by atoms with Gasteiger partial charge in [0.1, 0.15) is 0 Å². The highest BCUT2D eigenvalue weighted by Gasteiger charge is 2.33. The molecule has 1 aromatic carbocycles. The molecule has 3 heteroatoms. The SMILES string of the molecule is CN(C)CC(C)(O)CNC(c1ccccc1)C1CC1. The van der Waals surface area contributed by atoms with Crippen molar-refractivity contribution in [1.29, 1.82) is 0 Å². The molecule has 2 unspecified atom stereocenters. The van der Waals surface area contributed by atoms with Gasteiger partial charge in [0.2, 0.25) is 0 Å². The van der Waals surface area contributed by atoms with Gasteiger partial charge < -0.3 is 15.3 Å². The second kappa shape index (κ2) is 6.04. The summed E-state index contributed by atoms with van der Waals surface area (Å²) in [6, 6.07) is 11.0. The molecule has 106 valence electrons. The van der Waals surface area contributed by atoms with Gasteiger partial charge in [0, 0.05) is 19.1 Å². The fraction of sp³-hybridized carbons (Fsp3) is 0.625. The lowest BCUT2D eigenvalue weighted by atomic mass is 10.00. The standard InChI is InChI=1S/C16H26N2O/c1-16(19,12-18(2)3)11-17-15(14-9-10-14)13-7-5-4-6-8-13/h4-8,14-15,17,19H,9-12H2,1-3H3. The predicted molar refractivity (Wildman–Crippen MR) is 79.1 cm³/mol. The number of rotatable bonds is 7. The van der Waals surface area contributed by atoms with E-state index in [9.17, 15) is 5.11 Å². The zero-order valence-electron chi connectivity index (χ0n) is 12.3. The molecule has 0 radical (unpaired) electrons. The summed E-state index contributed by atoms with van der Waals surface area (Å²) in [5, 5.41) is 13.9. The summed E-state index contributed by atoms with van der Waals surface area (Å²) in [5.41, 5.74) is 0.650. The molecule has 1 saturated carbocycles. The number of hydrogen-bond donors (Lipinski definition) is 2. The zero-order valence-corrected chi connectivity index (χ0v) is 12.3. The van der Waals surface area contributed by atoms with Gasteiger partial charge in [0.25, 0.3) is 0 Å². The Labute approximate surface area is 116 Å². The Hall–Kier alpha value is -0.900. The maximum Gasteiger partial charge on any atom is 0.0869 e. The van der Waals surface area contributed by atoms with Crippen LogP contribution in [0.3, 0.4) is 0 Å². The average Bonchev–Trinajstić information content (AvgIpc) is 3.13. The van der Waals surface area contributed by atoms with Crippen molar-refractivity contribution in [3.05, 3.63) is 35.9 Å². The van der Waals surface area contributed by atoms with Crippen LogP contribution in [0.25, 0.3) is 0 Å². The van der Waals surface area contributed by atoms with Crippen molar-refractivity contribution in [1.82, 2.24) is 10.2 Å². The normalized spacial score (nSPS) is 20.3. The van der Waals surface area contributed by atoms with Gasteiger partial charge in [-0.2, -0.15) is 0 Å². The topological polar surface area (TPSA) is 35.5 Å². The van der Waals surface area contributed by atoms with Gasteiger partial charge in [-0.3, -0.25) is 0 Å². The fourth-order valence-electron chi connectivity index (χ4n) is 2.71. The third-order valence-corrected chi connectivity index (χ3v) is 3.61. The van der Waals surface area contributed by atoms with Crippen LogP contribution >= 0.6 is 0 Å². The average molecular weight is 262 g/mol. The second-order valence-electron chi connectivity index (χ2n) is 6.34. The lowest BCUT2D eigenvalue weighted by Gasteiger charge is -2.30. The van der Waals surface area contributed by atoms with Gasteiger partial charge in [0.05, 0.1) is 5.60 Å². The first kappa shape index (κ1) is 14.5. The maximum atomic E-state index is 10.4. The van der Waals surface area contributed by atoms with Crippen LogP contribution in [-0.4, -0.2) is 42.8 Å². The summed E-state index contributed by atoms with van der Waals surface area (Å²) < 4.78 is 0. The number of benzene rings is 1. The van der Waals surface area contributed by atoms with Gasteiger partial charge in [-0.25, -0.2) is 0 Å². The van der Waals surface area contributed by atoms with Crippen molar-refractivity contribution in [3.8, 4) is 0 Å². The van der Waals surface area contributed by atoms with Crippen molar-refractivity contribution >= 4 is 0 Å². The monoisotopic (exact) mass is 262 g/mol.